The number of benzene rings is 1. The summed E-state index contributed by atoms with van der Waals surface area (Å²) in [5, 5.41) is 3.67. The maximum atomic E-state index is 5.68. The van der Waals surface area contributed by atoms with Gasteiger partial charge < -0.3 is 14.8 Å². The maximum Gasteiger partial charge on any atom is 0.174 e. The van der Waals surface area contributed by atoms with Crippen LogP contribution >= 0.6 is 22.6 Å². The number of hydrogen-bond acceptors (Lipinski definition) is 3. The van der Waals surface area contributed by atoms with Crippen LogP contribution < -0.4 is 14.8 Å². The predicted octanol–water partition coefficient (Wildman–Crippen LogP) is 4.12. The maximum absolute atomic E-state index is 5.68. The third-order valence-electron chi connectivity index (χ3n) is 3.77. The minimum atomic E-state index is 0.659. The summed E-state index contributed by atoms with van der Waals surface area (Å²) in [4.78, 5) is 0. The molecular formula is C16H24INO2. The number of ether oxygens (including phenoxy) is 2. The van der Waals surface area contributed by atoms with Gasteiger partial charge in [-0.1, -0.05) is 19.3 Å². The molecular weight excluding hydrogens is 365 g/mol. The Morgan fingerprint density at radius 3 is 2.65 bits per heavy atom. The van der Waals surface area contributed by atoms with Crippen LogP contribution in [0.3, 0.4) is 0 Å². The van der Waals surface area contributed by atoms with E-state index in [1.807, 2.05) is 6.92 Å². The Balaban J connectivity index is 2.03. The average Bonchev–Trinajstić information content (AvgIpc) is 2.46. The van der Waals surface area contributed by atoms with Crippen molar-refractivity contribution in [3.8, 4) is 11.5 Å². The molecule has 1 aliphatic rings. The molecule has 1 aromatic rings. The Morgan fingerprint density at radius 1 is 1.25 bits per heavy atom. The molecule has 2 rings (SSSR count). The zero-order chi connectivity index (χ0) is 14.4. The first-order chi connectivity index (χ1) is 9.74. The zero-order valence-electron chi connectivity index (χ0n) is 12.4. The molecule has 0 spiro atoms. The second-order valence-corrected chi connectivity index (χ2v) is 6.42. The van der Waals surface area contributed by atoms with Gasteiger partial charge in [0.1, 0.15) is 0 Å². The number of rotatable bonds is 6. The molecule has 0 aliphatic heterocycles. The van der Waals surface area contributed by atoms with Crippen LogP contribution in [-0.4, -0.2) is 19.8 Å². The van der Waals surface area contributed by atoms with Crippen molar-refractivity contribution in [2.24, 2.45) is 0 Å². The summed E-state index contributed by atoms with van der Waals surface area (Å²) in [6, 6.07) is 4.96. The van der Waals surface area contributed by atoms with Crippen molar-refractivity contribution in [1.29, 1.82) is 0 Å². The van der Waals surface area contributed by atoms with Crippen LogP contribution in [0.4, 0.5) is 0 Å². The Bertz CT molecular complexity index is 431. The molecule has 0 atom stereocenters. The SMILES string of the molecule is CCOc1cc(CNC2CCCCC2)cc(I)c1OC. The molecule has 1 saturated carbocycles. The molecule has 1 aliphatic carbocycles. The summed E-state index contributed by atoms with van der Waals surface area (Å²) in [5.41, 5.74) is 1.27. The van der Waals surface area contributed by atoms with Crippen molar-refractivity contribution in [2.45, 2.75) is 51.6 Å². The van der Waals surface area contributed by atoms with Gasteiger partial charge in [0.05, 0.1) is 17.3 Å². The highest BCUT2D eigenvalue weighted by molar-refractivity contribution is 14.1. The number of hydrogen-bond donors (Lipinski definition) is 1. The Hall–Kier alpha value is -0.490. The zero-order valence-corrected chi connectivity index (χ0v) is 14.5. The van der Waals surface area contributed by atoms with Gasteiger partial charge in [-0.3, -0.25) is 0 Å². The van der Waals surface area contributed by atoms with E-state index in [2.05, 4.69) is 40.0 Å². The topological polar surface area (TPSA) is 30.5 Å². The Labute approximate surface area is 135 Å². The van der Waals surface area contributed by atoms with Gasteiger partial charge >= 0.3 is 0 Å². The monoisotopic (exact) mass is 389 g/mol. The Morgan fingerprint density at radius 2 is 2.00 bits per heavy atom. The van der Waals surface area contributed by atoms with E-state index in [9.17, 15) is 0 Å². The molecule has 1 fully saturated rings. The molecule has 1 aromatic carbocycles. The molecule has 0 bridgehead atoms. The summed E-state index contributed by atoms with van der Waals surface area (Å²) < 4.78 is 12.2. The van der Waals surface area contributed by atoms with E-state index in [1.165, 1.54) is 37.7 Å². The molecule has 0 aromatic heterocycles. The van der Waals surface area contributed by atoms with Crippen molar-refractivity contribution in [2.75, 3.05) is 13.7 Å². The van der Waals surface area contributed by atoms with Crippen LogP contribution in [0.2, 0.25) is 0 Å². The van der Waals surface area contributed by atoms with E-state index >= 15 is 0 Å². The van der Waals surface area contributed by atoms with Gasteiger partial charge in [0.15, 0.2) is 11.5 Å². The second kappa shape index (κ2) is 8.08. The van der Waals surface area contributed by atoms with Gasteiger partial charge in [-0.05, 0) is 60.1 Å². The molecule has 0 radical (unpaired) electrons. The average molecular weight is 389 g/mol. The van der Waals surface area contributed by atoms with Crippen LogP contribution in [0.1, 0.15) is 44.6 Å². The molecule has 3 nitrogen and oxygen atoms in total. The summed E-state index contributed by atoms with van der Waals surface area (Å²) in [5.74, 6) is 1.69. The van der Waals surface area contributed by atoms with Crippen molar-refractivity contribution in [3.05, 3.63) is 21.3 Å². The molecule has 20 heavy (non-hydrogen) atoms. The first-order valence-electron chi connectivity index (χ1n) is 7.47. The summed E-state index contributed by atoms with van der Waals surface area (Å²) in [6.07, 6.45) is 6.74. The lowest BCUT2D eigenvalue weighted by atomic mass is 9.95. The van der Waals surface area contributed by atoms with Crippen LogP contribution in [0.5, 0.6) is 11.5 Å². The third-order valence-corrected chi connectivity index (χ3v) is 4.57. The van der Waals surface area contributed by atoms with Gasteiger partial charge in [-0.2, -0.15) is 0 Å². The second-order valence-electron chi connectivity index (χ2n) is 5.26. The van der Waals surface area contributed by atoms with E-state index < -0.39 is 0 Å². The highest BCUT2D eigenvalue weighted by Crippen LogP contribution is 2.34. The first kappa shape index (κ1) is 15.9. The highest BCUT2D eigenvalue weighted by Gasteiger charge is 2.14. The van der Waals surface area contributed by atoms with Gasteiger partial charge in [0.2, 0.25) is 0 Å². The van der Waals surface area contributed by atoms with Crippen molar-refractivity contribution < 1.29 is 9.47 Å². The highest BCUT2D eigenvalue weighted by atomic mass is 127. The molecule has 0 unspecified atom stereocenters. The van der Waals surface area contributed by atoms with Crippen LogP contribution in [-0.2, 0) is 6.54 Å². The Kier molecular flexibility index (Phi) is 6.42. The minimum Gasteiger partial charge on any atom is -0.492 e. The van der Waals surface area contributed by atoms with E-state index in [4.69, 9.17) is 9.47 Å². The van der Waals surface area contributed by atoms with Crippen LogP contribution in [0, 0.1) is 3.57 Å². The van der Waals surface area contributed by atoms with Gasteiger partial charge in [0, 0.05) is 12.6 Å². The fraction of sp³-hybridized carbons (Fsp3) is 0.625. The third kappa shape index (κ3) is 4.25. The number of halogens is 1. The molecule has 0 heterocycles. The van der Waals surface area contributed by atoms with E-state index in [-0.39, 0.29) is 0 Å². The fourth-order valence-electron chi connectivity index (χ4n) is 2.75. The van der Waals surface area contributed by atoms with Crippen molar-refractivity contribution in [1.82, 2.24) is 5.32 Å². The van der Waals surface area contributed by atoms with Crippen molar-refractivity contribution in [3.63, 3.8) is 0 Å². The fourth-order valence-corrected chi connectivity index (χ4v) is 3.64. The molecule has 4 heteroatoms. The normalized spacial score (nSPS) is 16.1. The first-order valence-corrected chi connectivity index (χ1v) is 8.55. The van der Waals surface area contributed by atoms with Gasteiger partial charge in [-0.15, -0.1) is 0 Å². The number of nitrogens with one attached hydrogen (secondary N) is 1. The largest absolute Gasteiger partial charge is 0.492 e. The number of methoxy groups -OCH3 is 1. The van der Waals surface area contributed by atoms with Crippen LogP contribution in [0.15, 0.2) is 12.1 Å². The lowest BCUT2D eigenvalue weighted by Gasteiger charge is -2.23. The van der Waals surface area contributed by atoms with Crippen molar-refractivity contribution >= 4 is 22.6 Å². The van der Waals surface area contributed by atoms with E-state index in [1.54, 1.807) is 7.11 Å². The quantitative estimate of drug-likeness (QED) is 0.743. The molecule has 112 valence electrons. The summed E-state index contributed by atoms with van der Waals surface area (Å²) in [6.45, 7) is 3.57. The summed E-state index contributed by atoms with van der Waals surface area (Å²) >= 11 is 2.31. The minimum absolute atomic E-state index is 0.659. The standard InChI is InChI=1S/C16H24INO2/c1-3-20-15-10-12(9-14(17)16(15)19-2)11-18-13-7-5-4-6-8-13/h9-10,13,18H,3-8,11H2,1-2H3. The lowest BCUT2D eigenvalue weighted by Crippen LogP contribution is -2.30. The molecule has 1 N–H and O–H groups in total. The lowest BCUT2D eigenvalue weighted by molar-refractivity contribution is 0.309. The van der Waals surface area contributed by atoms with Gasteiger partial charge in [0.25, 0.3) is 0 Å². The molecule has 0 saturated heterocycles. The van der Waals surface area contributed by atoms with E-state index in [0.29, 0.717) is 12.6 Å². The van der Waals surface area contributed by atoms with E-state index in [0.717, 1.165) is 21.6 Å². The summed E-state index contributed by atoms with van der Waals surface area (Å²) in [7, 11) is 1.69. The van der Waals surface area contributed by atoms with Gasteiger partial charge in [-0.25, -0.2) is 0 Å². The molecule has 0 amide bonds. The smallest absolute Gasteiger partial charge is 0.174 e. The van der Waals surface area contributed by atoms with Crippen LogP contribution in [0.25, 0.3) is 0 Å². The predicted molar refractivity (Wildman–Crippen MR) is 90.6 cm³/mol.